The van der Waals surface area contributed by atoms with Crippen LogP contribution < -0.4 is 14.2 Å². The summed E-state index contributed by atoms with van der Waals surface area (Å²) < 4.78 is 17.0. The standard InChI is InChI=1S/C17H16O3/c1-2-6-14-12(4-1)5-3-7-15(20-14)13-8-9-16-17(10-13)19-11-18-16/h1-2,4,6,8-10,15H,3,5,7,11H2. The summed E-state index contributed by atoms with van der Waals surface area (Å²) in [5.41, 5.74) is 2.46. The molecule has 0 saturated carbocycles. The number of rotatable bonds is 1. The molecule has 0 N–H and O–H groups in total. The predicted octanol–water partition coefficient (Wildman–Crippen LogP) is 3.87. The first kappa shape index (κ1) is 11.6. The molecule has 0 radical (unpaired) electrons. The van der Waals surface area contributed by atoms with Gasteiger partial charge in [-0.2, -0.15) is 0 Å². The molecule has 20 heavy (non-hydrogen) atoms. The van der Waals surface area contributed by atoms with Crippen LogP contribution in [0.2, 0.25) is 0 Å². The van der Waals surface area contributed by atoms with Crippen LogP contribution in [-0.2, 0) is 6.42 Å². The third-order valence-corrected chi connectivity index (χ3v) is 3.92. The van der Waals surface area contributed by atoms with Gasteiger partial charge in [-0.3, -0.25) is 0 Å². The van der Waals surface area contributed by atoms with E-state index >= 15 is 0 Å². The molecule has 3 nitrogen and oxygen atoms in total. The molecule has 0 spiro atoms. The molecule has 0 bridgehead atoms. The Morgan fingerprint density at radius 1 is 0.900 bits per heavy atom. The van der Waals surface area contributed by atoms with Crippen molar-refractivity contribution < 1.29 is 14.2 Å². The van der Waals surface area contributed by atoms with Crippen LogP contribution in [0.4, 0.5) is 0 Å². The predicted molar refractivity (Wildman–Crippen MR) is 75.3 cm³/mol. The first-order chi connectivity index (χ1) is 9.90. The third-order valence-electron chi connectivity index (χ3n) is 3.92. The molecule has 1 atom stereocenters. The number of ether oxygens (including phenoxy) is 3. The fourth-order valence-corrected chi connectivity index (χ4v) is 2.86. The van der Waals surface area contributed by atoms with Crippen molar-refractivity contribution in [1.29, 1.82) is 0 Å². The maximum atomic E-state index is 6.21. The molecule has 2 aliphatic heterocycles. The van der Waals surface area contributed by atoms with Crippen LogP contribution in [0.1, 0.15) is 30.1 Å². The van der Waals surface area contributed by atoms with E-state index in [0.29, 0.717) is 6.79 Å². The Morgan fingerprint density at radius 3 is 2.80 bits per heavy atom. The van der Waals surface area contributed by atoms with Crippen LogP contribution in [0.15, 0.2) is 42.5 Å². The summed E-state index contributed by atoms with van der Waals surface area (Å²) in [6, 6.07) is 14.4. The Balaban J connectivity index is 1.66. The lowest BCUT2D eigenvalue weighted by Crippen LogP contribution is -2.06. The van der Waals surface area contributed by atoms with Gasteiger partial charge >= 0.3 is 0 Å². The van der Waals surface area contributed by atoms with Gasteiger partial charge in [-0.05, 0) is 48.6 Å². The summed E-state index contributed by atoms with van der Waals surface area (Å²) in [6.45, 7) is 0.313. The fourth-order valence-electron chi connectivity index (χ4n) is 2.86. The Hall–Kier alpha value is -2.16. The van der Waals surface area contributed by atoms with E-state index in [0.717, 1.165) is 42.1 Å². The smallest absolute Gasteiger partial charge is 0.231 e. The number of fused-ring (bicyclic) bond motifs is 2. The lowest BCUT2D eigenvalue weighted by atomic mass is 10.0. The Labute approximate surface area is 118 Å². The molecule has 3 heteroatoms. The number of benzene rings is 2. The van der Waals surface area contributed by atoms with Crippen molar-refractivity contribution >= 4 is 0 Å². The summed E-state index contributed by atoms with van der Waals surface area (Å²) in [4.78, 5) is 0. The highest BCUT2D eigenvalue weighted by molar-refractivity contribution is 5.45. The van der Waals surface area contributed by atoms with Crippen molar-refractivity contribution in [2.24, 2.45) is 0 Å². The molecule has 0 aromatic heterocycles. The maximum absolute atomic E-state index is 6.21. The molecule has 1 unspecified atom stereocenters. The first-order valence-electron chi connectivity index (χ1n) is 7.04. The Bertz CT molecular complexity index is 636. The maximum Gasteiger partial charge on any atom is 0.231 e. The SMILES string of the molecule is c1ccc2c(c1)CCCC(c1ccc3c(c1)OCO3)O2. The summed E-state index contributed by atoms with van der Waals surface area (Å²) in [5, 5.41) is 0. The summed E-state index contributed by atoms with van der Waals surface area (Å²) in [7, 11) is 0. The zero-order chi connectivity index (χ0) is 13.4. The van der Waals surface area contributed by atoms with Crippen molar-refractivity contribution in [1.82, 2.24) is 0 Å². The van der Waals surface area contributed by atoms with Gasteiger partial charge in [0.15, 0.2) is 11.5 Å². The van der Waals surface area contributed by atoms with E-state index in [9.17, 15) is 0 Å². The Kier molecular flexibility index (Phi) is 2.76. The van der Waals surface area contributed by atoms with Gasteiger partial charge in [-0.15, -0.1) is 0 Å². The van der Waals surface area contributed by atoms with Crippen LogP contribution >= 0.6 is 0 Å². The minimum Gasteiger partial charge on any atom is -0.485 e. The second kappa shape index (κ2) is 4.75. The Morgan fingerprint density at radius 2 is 1.80 bits per heavy atom. The molecule has 0 saturated heterocycles. The summed E-state index contributed by atoms with van der Waals surface area (Å²) >= 11 is 0. The lowest BCUT2D eigenvalue weighted by molar-refractivity contribution is 0.173. The molecule has 2 heterocycles. The fraction of sp³-hybridized carbons (Fsp3) is 0.294. The highest BCUT2D eigenvalue weighted by Gasteiger charge is 2.22. The average molecular weight is 268 g/mol. The van der Waals surface area contributed by atoms with Crippen LogP contribution in [0.5, 0.6) is 17.2 Å². The number of hydrogen-bond donors (Lipinski definition) is 0. The highest BCUT2D eigenvalue weighted by atomic mass is 16.7. The summed E-state index contributed by atoms with van der Waals surface area (Å²) in [5.74, 6) is 2.65. The topological polar surface area (TPSA) is 27.7 Å². The van der Waals surface area contributed by atoms with Gasteiger partial charge in [-0.25, -0.2) is 0 Å². The van der Waals surface area contributed by atoms with Crippen LogP contribution in [0, 0.1) is 0 Å². The van der Waals surface area contributed by atoms with E-state index < -0.39 is 0 Å². The van der Waals surface area contributed by atoms with E-state index in [2.05, 4.69) is 24.3 Å². The van der Waals surface area contributed by atoms with E-state index in [4.69, 9.17) is 14.2 Å². The molecule has 2 aromatic rings. The van der Waals surface area contributed by atoms with Gasteiger partial charge in [0.05, 0.1) is 0 Å². The van der Waals surface area contributed by atoms with Gasteiger partial charge < -0.3 is 14.2 Å². The summed E-state index contributed by atoms with van der Waals surface area (Å²) in [6.07, 6.45) is 3.33. The number of hydrogen-bond acceptors (Lipinski definition) is 3. The minimum absolute atomic E-state index is 0.0909. The van der Waals surface area contributed by atoms with Gasteiger partial charge in [0, 0.05) is 0 Å². The highest BCUT2D eigenvalue weighted by Crippen LogP contribution is 2.38. The zero-order valence-electron chi connectivity index (χ0n) is 11.2. The van der Waals surface area contributed by atoms with Gasteiger partial charge in [0.1, 0.15) is 11.9 Å². The van der Waals surface area contributed by atoms with Crippen molar-refractivity contribution in [2.45, 2.75) is 25.4 Å². The van der Waals surface area contributed by atoms with Crippen LogP contribution in [0.3, 0.4) is 0 Å². The third kappa shape index (κ3) is 1.99. The quantitative estimate of drug-likeness (QED) is 0.785. The van der Waals surface area contributed by atoms with Crippen molar-refractivity contribution in [2.75, 3.05) is 6.79 Å². The molecule has 2 aromatic carbocycles. The number of para-hydroxylation sites is 1. The minimum atomic E-state index is 0.0909. The van der Waals surface area contributed by atoms with Crippen molar-refractivity contribution in [3.63, 3.8) is 0 Å². The van der Waals surface area contributed by atoms with Crippen LogP contribution in [0.25, 0.3) is 0 Å². The molecule has 2 aliphatic rings. The van der Waals surface area contributed by atoms with E-state index in [1.165, 1.54) is 5.56 Å². The lowest BCUT2D eigenvalue weighted by Gasteiger charge is -2.18. The van der Waals surface area contributed by atoms with Crippen LogP contribution in [-0.4, -0.2) is 6.79 Å². The van der Waals surface area contributed by atoms with E-state index in [-0.39, 0.29) is 6.10 Å². The van der Waals surface area contributed by atoms with Crippen molar-refractivity contribution in [3.05, 3.63) is 53.6 Å². The van der Waals surface area contributed by atoms with E-state index in [1.54, 1.807) is 0 Å². The molecule has 0 aliphatic carbocycles. The second-order valence-electron chi connectivity index (χ2n) is 5.22. The first-order valence-corrected chi connectivity index (χ1v) is 7.04. The molecule has 102 valence electrons. The van der Waals surface area contributed by atoms with Crippen molar-refractivity contribution in [3.8, 4) is 17.2 Å². The molecular formula is C17H16O3. The molecule has 4 rings (SSSR count). The van der Waals surface area contributed by atoms with Gasteiger partial charge in [-0.1, -0.05) is 24.3 Å². The van der Waals surface area contributed by atoms with Gasteiger partial charge in [0.25, 0.3) is 0 Å². The monoisotopic (exact) mass is 268 g/mol. The normalized spacial score (nSPS) is 19.9. The average Bonchev–Trinajstić information content (AvgIpc) is 2.84. The second-order valence-corrected chi connectivity index (χ2v) is 5.22. The van der Waals surface area contributed by atoms with Gasteiger partial charge in [0.2, 0.25) is 6.79 Å². The molecule has 0 fully saturated rings. The van der Waals surface area contributed by atoms with E-state index in [1.807, 2.05) is 18.2 Å². The molecular weight excluding hydrogens is 252 g/mol. The molecule has 0 amide bonds. The number of aryl methyl sites for hydroxylation is 1. The largest absolute Gasteiger partial charge is 0.485 e. The zero-order valence-corrected chi connectivity index (χ0v) is 11.2.